The number of carbonyl (C=O) groups is 2. The first-order valence-corrected chi connectivity index (χ1v) is 13.4. The van der Waals surface area contributed by atoms with Gasteiger partial charge < -0.3 is 25.0 Å². The Balaban J connectivity index is 1.15. The molecule has 2 aliphatic heterocycles. The Morgan fingerprint density at radius 1 is 1.12 bits per heavy atom. The summed E-state index contributed by atoms with van der Waals surface area (Å²) in [5.74, 6) is 2.16. The fourth-order valence-corrected chi connectivity index (χ4v) is 5.09. The van der Waals surface area contributed by atoms with Gasteiger partial charge in [-0.25, -0.2) is 9.97 Å². The van der Waals surface area contributed by atoms with Crippen molar-refractivity contribution in [2.75, 3.05) is 36.9 Å². The molecular weight excluding hydrogens is 510 g/mol. The van der Waals surface area contributed by atoms with Gasteiger partial charge >= 0.3 is 0 Å². The van der Waals surface area contributed by atoms with Gasteiger partial charge in [-0.15, -0.1) is 0 Å². The summed E-state index contributed by atoms with van der Waals surface area (Å²) < 4.78 is 11.5. The van der Waals surface area contributed by atoms with Gasteiger partial charge in [-0.2, -0.15) is 5.10 Å². The zero-order chi connectivity index (χ0) is 27.7. The van der Waals surface area contributed by atoms with Crippen molar-refractivity contribution < 1.29 is 19.1 Å². The number of H-pyrrole nitrogens is 1. The SMILES string of the molecule is Cc1ccnc(NC(=O)c2ccc(Oc3ccnc4[nH]nc(NC5CCCN(C(=O)C6(C)COC6)C5)c34)cc2)c1. The summed E-state index contributed by atoms with van der Waals surface area (Å²) in [4.78, 5) is 36.2. The standard InChI is InChI=1S/C29H31N7O4/c1-18-9-11-30-23(14-18)33-27(37)19-5-7-21(8-6-19)40-22-10-12-31-25-24(22)26(35-34-25)32-20-4-3-13-36(15-20)28(38)29(2)16-39-17-29/h5-12,14,20H,3-4,13,15-17H2,1-2H3,(H,30,33,37)(H2,31,32,34,35). The fraction of sp³-hybridized carbons (Fsp3) is 0.345. The maximum atomic E-state index is 13.0. The van der Waals surface area contributed by atoms with Gasteiger partial charge in [-0.3, -0.25) is 14.7 Å². The van der Waals surface area contributed by atoms with E-state index in [1.807, 2.05) is 30.9 Å². The summed E-state index contributed by atoms with van der Waals surface area (Å²) in [6.07, 6.45) is 5.14. The minimum atomic E-state index is -0.417. The molecule has 1 aromatic carbocycles. The number of hydrogen-bond acceptors (Lipinski definition) is 8. The average Bonchev–Trinajstić information content (AvgIpc) is 3.35. The van der Waals surface area contributed by atoms with Gasteiger partial charge in [0.15, 0.2) is 11.5 Å². The zero-order valence-corrected chi connectivity index (χ0v) is 22.4. The molecule has 2 saturated heterocycles. The number of nitrogens with one attached hydrogen (secondary N) is 3. The molecule has 5 heterocycles. The number of ether oxygens (including phenoxy) is 2. The van der Waals surface area contributed by atoms with E-state index in [1.54, 1.807) is 42.7 Å². The number of aromatic nitrogens is 4. The van der Waals surface area contributed by atoms with Crippen molar-refractivity contribution in [3.8, 4) is 11.5 Å². The Morgan fingerprint density at radius 3 is 2.67 bits per heavy atom. The second kappa shape index (κ2) is 10.6. The van der Waals surface area contributed by atoms with E-state index in [0.29, 0.717) is 54.1 Å². The molecule has 40 heavy (non-hydrogen) atoms. The Labute approximate surface area is 231 Å². The molecule has 0 bridgehead atoms. The number of pyridine rings is 2. The summed E-state index contributed by atoms with van der Waals surface area (Å²) in [5, 5.41) is 14.5. The molecule has 4 aromatic rings. The quantitative estimate of drug-likeness (QED) is 0.318. The van der Waals surface area contributed by atoms with Gasteiger partial charge in [0.2, 0.25) is 5.91 Å². The molecule has 11 nitrogen and oxygen atoms in total. The molecule has 0 aliphatic carbocycles. The molecular formula is C29H31N7O4. The molecule has 0 radical (unpaired) electrons. The summed E-state index contributed by atoms with van der Waals surface area (Å²) in [6.45, 7) is 6.21. The topological polar surface area (TPSA) is 134 Å². The third kappa shape index (κ3) is 5.20. The van der Waals surface area contributed by atoms with Crippen molar-refractivity contribution in [1.82, 2.24) is 25.1 Å². The Hall–Kier alpha value is -4.51. The molecule has 2 amide bonds. The molecule has 11 heteroatoms. The number of hydrogen-bond donors (Lipinski definition) is 3. The number of benzene rings is 1. The molecule has 0 saturated carbocycles. The summed E-state index contributed by atoms with van der Waals surface area (Å²) in [6, 6.07) is 12.4. The minimum Gasteiger partial charge on any atom is -0.456 e. The summed E-state index contributed by atoms with van der Waals surface area (Å²) in [5.41, 5.74) is 1.67. The first kappa shape index (κ1) is 25.8. The largest absolute Gasteiger partial charge is 0.456 e. The van der Waals surface area contributed by atoms with Gasteiger partial charge in [0.25, 0.3) is 5.91 Å². The first-order valence-electron chi connectivity index (χ1n) is 13.4. The third-order valence-corrected chi connectivity index (χ3v) is 7.33. The van der Waals surface area contributed by atoms with Crippen LogP contribution in [0.2, 0.25) is 0 Å². The molecule has 2 aliphatic rings. The molecule has 1 atom stereocenters. The van der Waals surface area contributed by atoms with E-state index >= 15 is 0 Å². The van der Waals surface area contributed by atoms with Crippen LogP contribution in [0, 0.1) is 12.3 Å². The number of nitrogens with zero attached hydrogens (tertiary/aromatic N) is 4. The average molecular weight is 542 g/mol. The predicted molar refractivity (Wildman–Crippen MR) is 149 cm³/mol. The van der Waals surface area contributed by atoms with E-state index in [-0.39, 0.29) is 17.9 Å². The van der Waals surface area contributed by atoms with E-state index in [4.69, 9.17) is 9.47 Å². The molecule has 2 fully saturated rings. The van der Waals surface area contributed by atoms with Gasteiger partial charge in [-0.05, 0) is 68.7 Å². The number of rotatable bonds is 7. The van der Waals surface area contributed by atoms with Gasteiger partial charge in [0.1, 0.15) is 22.7 Å². The van der Waals surface area contributed by atoms with E-state index < -0.39 is 5.41 Å². The van der Waals surface area contributed by atoms with Crippen LogP contribution in [0.3, 0.4) is 0 Å². The second-order valence-corrected chi connectivity index (χ2v) is 10.7. The van der Waals surface area contributed by atoms with Crippen LogP contribution in [-0.2, 0) is 9.53 Å². The fourth-order valence-electron chi connectivity index (χ4n) is 5.09. The highest BCUT2D eigenvalue weighted by Gasteiger charge is 2.44. The van der Waals surface area contributed by atoms with E-state index in [2.05, 4.69) is 30.8 Å². The monoisotopic (exact) mass is 541 g/mol. The lowest BCUT2D eigenvalue weighted by Gasteiger charge is -2.43. The normalized spacial score (nSPS) is 18.1. The van der Waals surface area contributed by atoms with E-state index in [0.717, 1.165) is 30.3 Å². The lowest BCUT2D eigenvalue weighted by Crippen LogP contribution is -2.56. The summed E-state index contributed by atoms with van der Waals surface area (Å²) >= 11 is 0. The third-order valence-electron chi connectivity index (χ3n) is 7.33. The predicted octanol–water partition coefficient (Wildman–Crippen LogP) is 4.15. The van der Waals surface area contributed by atoms with Crippen LogP contribution in [-0.4, -0.2) is 69.2 Å². The Morgan fingerprint density at radius 2 is 1.93 bits per heavy atom. The van der Waals surface area contributed by atoms with Crippen LogP contribution in [0.25, 0.3) is 11.0 Å². The van der Waals surface area contributed by atoms with Crippen molar-refractivity contribution in [3.63, 3.8) is 0 Å². The highest BCUT2D eigenvalue weighted by atomic mass is 16.5. The van der Waals surface area contributed by atoms with Gasteiger partial charge in [-0.1, -0.05) is 0 Å². The van der Waals surface area contributed by atoms with Crippen LogP contribution in [0.15, 0.2) is 54.9 Å². The van der Waals surface area contributed by atoms with Gasteiger partial charge in [0, 0.05) is 43.2 Å². The van der Waals surface area contributed by atoms with Crippen LogP contribution < -0.4 is 15.4 Å². The molecule has 3 N–H and O–H groups in total. The van der Waals surface area contributed by atoms with Crippen LogP contribution >= 0.6 is 0 Å². The number of aryl methyl sites for hydroxylation is 1. The zero-order valence-electron chi connectivity index (χ0n) is 22.4. The number of carbonyl (C=O) groups excluding carboxylic acids is 2. The van der Waals surface area contributed by atoms with Crippen LogP contribution in [0.1, 0.15) is 35.7 Å². The second-order valence-electron chi connectivity index (χ2n) is 10.7. The number of fused-ring (bicyclic) bond motifs is 1. The Bertz CT molecular complexity index is 1550. The summed E-state index contributed by atoms with van der Waals surface area (Å²) in [7, 11) is 0. The number of anilines is 2. The van der Waals surface area contributed by atoms with Crippen molar-refractivity contribution in [1.29, 1.82) is 0 Å². The van der Waals surface area contributed by atoms with E-state index in [9.17, 15) is 9.59 Å². The maximum absolute atomic E-state index is 13.0. The van der Waals surface area contributed by atoms with Crippen molar-refractivity contribution in [2.24, 2.45) is 5.41 Å². The highest BCUT2D eigenvalue weighted by Crippen LogP contribution is 2.34. The lowest BCUT2D eigenvalue weighted by atomic mass is 9.86. The van der Waals surface area contributed by atoms with Crippen molar-refractivity contribution in [3.05, 3.63) is 66.0 Å². The number of piperidine rings is 1. The highest BCUT2D eigenvalue weighted by molar-refractivity contribution is 6.03. The molecule has 206 valence electrons. The van der Waals surface area contributed by atoms with Crippen LogP contribution in [0.5, 0.6) is 11.5 Å². The number of amides is 2. The van der Waals surface area contributed by atoms with Crippen LogP contribution in [0.4, 0.5) is 11.6 Å². The number of aromatic amines is 1. The molecule has 1 unspecified atom stereocenters. The lowest BCUT2D eigenvalue weighted by molar-refractivity contribution is -0.169. The smallest absolute Gasteiger partial charge is 0.256 e. The molecule has 3 aromatic heterocycles. The number of likely N-dealkylation sites (tertiary alicyclic amines) is 1. The van der Waals surface area contributed by atoms with Gasteiger partial charge in [0.05, 0.1) is 18.6 Å². The first-order chi connectivity index (χ1) is 19.4. The van der Waals surface area contributed by atoms with Crippen molar-refractivity contribution >= 4 is 34.5 Å². The Kier molecular flexibility index (Phi) is 6.81. The molecule has 6 rings (SSSR count). The van der Waals surface area contributed by atoms with Crippen molar-refractivity contribution in [2.45, 2.75) is 32.7 Å². The maximum Gasteiger partial charge on any atom is 0.256 e. The minimum absolute atomic E-state index is 0.0440. The molecule has 0 spiro atoms. The van der Waals surface area contributed by atoms with E-state index in [1.165, 1.54) is 0 Å².